The van der Waals surface area contributed by atoms with E-state index < -0.39 is 11.8 Å². The van der Waals surface area contributed by atoms with Gasteiger partial charge in [-0.2, -0.15) is 4.73 Å². The number of halogens is 1. The number of benzene rings is 1. The number of urea groups is 1. The maximum Gasteiger partial charge on any atom is 0.321 e. The van der Waals surface area contributed by atoms with Crippen molar-refractivity contribution < 1.29 is 13.9 Å². The summed E-state index contributed by atoms with van der Waals surface area (Å²) in [6.45, 7) is 2.26. The molecule has 146 valence electrons. The molecule has 0 aliphatic rings. The lowest BCUT2D eigenvalue weighted by Crippen LogP contribution is -2.28. The van der Waals surface area contributed by atoms with Crippen LogP contribution in [0.2, 0.25) is 0 Å². The summed E-state index contributed by atoms with van der Waals surface area (Å²) in [6, 6.07) is 9.32. The second-order valence-electron chi connectivity index (χ2n) is 6.28. The average Bonchev–Trinajstić information content (AvgIpc) is 3.10. The highest BCUT2D eigenvalue weighted by Crippen LogP contribution is 2.33. The third-order valence-corrected chi connectivity index (χ3v) is 4.28. The van der Waals surface area contributed by atoms with Crippen LogP contribution in [0.1, 0.15) is 6.92 Å². The number of nitrogens with zero attached hydrogens (tertiary/aromatic N) is 3. The van der Waals surface area contributed by atoms with Gasteiger partial charge in [-0.25, -0.2) is 14.2 Å². The first-order chi connectivity index (χ1) is 14.0. The van der Waals surface area contributed by atoms with Crippen LogP contribution in [0.5, 0.6) is 0 Å². The molecule has 0 fully saturated rings. The van der Waals surface area contributed by atoms with Gasteiger partial charge >= 0.3 is 6.03 Å². The largest absolute Gasteiger partial charge is 0.619 e. The van der Waals surface area contributed by atoms with Crippen LogP contribution in [0.3, 0.4) is 0 Å². The number of H-pyrrole nitrogens is 1. The summed E-state index contributed by atoms with van der Waals surface area (Å²) in [5, 5.41) is 16.9. The molecule has 0 bridgehead atoms. The summed E-state index contributed by atoms with van der Waals surface area (Å²) in [7, 11) is 0. The van der Waals surface area contributed by atoms with Gasteiger partial charge < -0.3 is 15.5 Å². The molecule has 0 spiro atoms. The van der Waals surface area contributed by atoms with Gasteiger partial charge in [-0.1, -0.05) is 0 Å². The predicted molar refractivity (Wildman–Crippen MR) is 106 cm³/mol. The van der Waals surface area contributed by atoms with E-state index in [4.69, 9.17) is 0 Å². The zero-order valence-corrected chi connectivity index (χ0v) is 15.4. The van der Waals surface area contributed by atoms with Gasteiger partial charge in [0.1, 0.15) is 17.0 Å². The van der Waals surface area contributed by atoms with Crippen molar-refractivity contribution in [3.63, 3.8) is 0 Å². The Bertz CT molecular complexity index is 1210. The van der Waals surface area contributed by atoms with E-state index in [-0.39, 0.29) is 11.6 Å². The minimum Gasteiger partial charge on any atom is -0.619 e. The molecule has 0 saturated carbocycles. The fourth-order valence-corrected chi connectivity index (χ4v) is 3.05. The second kappa shape index (κ2) is 7.55. The lowest BCUT2D eigenvalue weighted by Gasteiger charge is -2.07. The van der Waals surface area contributed by atoms with Crippen LogP contribution in [-0.4, -0.2) is 27.5 Å². The predicted octanol–water partition coefficient (Wildman–Crippen LogP) is 3.21. The van der Waals surface area contributed by atoms with Gasteiger partial charge in [-0.05, 0) is 42.8 Å². The average molecular weight is 392 g/mol. The number of pyridine rings is 2. The Hall–Kier alpha value is -4.01. The van der Waals surface area contributed by atoms with Gasteiger partial charge in [-0.15, -0.1) is 0 Å². The first kappa shape index (κ1) is 18.4. The van der Waals surface area contributed by atoms with Crippen molar-refractivity contribution in [3.8, 4) is 22.4 Å². The number of nitrogens with one attached hydrogen (secondary N) is 3. The molecule has 2 amide bonds. The van der Waals surface area contributed by atoms with Gasteiger partial charge in [-0.3, -0.25) is 10.3 Å². The molecule has 1 aromatic carbocycles. The zero-order chi connectivity index (χ0) is 20.4. The van der Waals surface area contributed by atoms with Crippen molar-refractivity contribution in [3.05, 3.63) is 66.0 Å². The SMILES string of the molecule is CCNC(=O)Nc1nc2c(-c3ncccc3F)cc(-c3ccc[n+]([O-])c3)cc2[nH]1. The molecule has 0 aliphatic heterocycles. The quantitative estimate of drug-likeness (QED) is 0.366. The van der Waals surface area contributed by atoms with E-state index in [2.05, 4.69) is 25.6 Å². The van der Waals surface area contributed by atoms with E-state index in [0.717, 1.165) is 0 Å². The van der Waals surface area contributed by atoms with Crippen LogP contribution in [0.4, 0.5) is 15.1 Å². The lowest BCUT2D eigenvalue weighted by atomic mass is 10.0. The number of aromatic nitrogens is 4. The molecular weight excluding hydrogens is 375 g/mol. The Kier molecular flexibility index (Phi) is 4.78. The van der Waals surface area contributed by atoms with Crippen molar-refractivity contribution in [1.29, 1.82) is 0 Å². The van der Waals surface area contributed by atoms with Gasteiger partial charge in [0.2, 0.25) is 5.95 Å². The summed E-state index contributed by atoms with van der Waals surface area (Å²) < 4.78 is 15.2. The van der Waals surface area contributed by atoms with Gasteiger partial charge in [0, 0.05) is 29.9 Å². The Balaban J connectivity index is 1.91. The fourth-order valence-electron chi connectivity index (χ4n) is 3.05. The van der Waals surface area contributed by atoms with Crippen molar-refractivity contribution >= 4 is 23.0 Å². The Morgan fingerprint density at radius 1 is 1.28 bits per heavy atom. The normalized spacial score (nSPS) is 10.8. The maximum absolute atomic E-state index is 14.5. The van der Waals surface area contributed by atoms with Crippen molar-refractivity contribution in [2.75, 3.05) is 11.9 Å². The van der Waals surface area contributed by atoms with Gasteiger partial charge in [0.15, 0.2) is 12.4 Å². The molecule has 3 heterocycles. The number of amides is 2. The maximum atomic E-state index is 14.5. The highest BCUT2D eigenvalue weighted by atomic mass is 19.1. The minimum absolute atomic E-state index is 0.126. The highest BCUT2D eigenvalue weighted by Gasteiger charge is 2.17. The van der Waals surface area contributed by atoms with Crippen LogP contribution in [0.25, 0.3) is 33.4 Å². The van der Waals surface area contributed by atoms with Crippen molar-refractivity contribution in [2.45, 2.75) is 6.92 Å². The summed E-state index contributed by atoms with van der Waals surface area (Å²) in [4.78, 5) is 23.4. The minimum atomic E-state index is -0.501. The molecule has 0 unspecified atom stereocenters. The summed E-state index contributed by atoms with van der Waals surface area (Å²) in [6.07, 6.45) is 4.29. The van der Waals surface area contributed by atoms with E-state index in [0.29, 0.717) is 39.0 Å². The fraction of sp³-hybridized carbons (Fsp3) is 0.100. The van der Waals surface area contributed by atoms with E-state index >= 15 is 0 Å². The number of carbonyl (C=O) groups is 1. The highest BCUT2D eigenvalue weighted by molar-refractivity contribution is 5.98. The van der Waals surface area contributed by atoms with Crippen molar-refractivity contribution in [1.82, 2.24) is 20.3 Å². The van der Waals surface area contributed by atoms with Crippen molar-refractivity contribution in [2.24, 2.45) is 0 Å². The van der Waals surface area contributed by atoms with Gasteiger partial charge in [0.25, 0.3) is 0 Å². The first-order valence-corrected chi connectivity index (χ1v) is 8.94. The molecule has 29 heavy (non-hydrogen) atoms. The molecule has 9 heteroatoms. The molecule has 3 aromatic heterocycles. The van der Waals surface area contributed by atoms with Crippen LogP contribution in [0.15, 0.2) is 55.0 Å². The van der Waals surface area contributed by atoms with Crippen LogP contribution >= 0.6 is 0 Å². The van der Waals surface area contributed by atoms with Gasteiger partial charge in [0.05, 0.1) is 5.52 Å². The molecule has 3 N–H and O–H groups in total. The Labute approximate surface area is 165 Å². The molecule has 0 aliphatic carbocycles. The monoisotopic (exact) mass is 392 g/mol. The Morgan fingerprint density at radius 2 is 2.14 bits per heavy atom. The number of imidazole rings is 1. The molecule has 4 rings (SSSR count). The number of carbonyl (C=O) groups excluding carboxylic acids is 1. The molecule has 0 saturated heterocycles. The molecular formula is C20H17FN6O2. The number of anilines is 1. The van der Waals surface area contributed by atoms with E-state index in [1.807, 2.05) is 0 Å². The third kappa shape index (κ3) is 3.70. The topological polar surface area (TPSA) is 110 Å². The summed E-state index contributed by atoms with van der Waals surface area (Å²) >= 11 is 0. The Morgan fingerprint density at radius 3 is 2.90 bits per heavy atom. The number of fused-ring (bicyclic) bond motifs is 1. The smallest absolute Gasteiger partial charge is 0.321 e. The third-order valence-electron chi connectivity index (χ3n) is 4.28. The zero-order valence-electron chi connectivity index (χ0n) is 15.4. The number of hydrogen-bond donors (Lipinski definition) is 3. The molecule has 0 radical (unpaired) electrons. The van der Waals surface area contributed by atoms with Crippen LogP contribution < -0.4 is 15.4 Å². The number of rotatable bonds is 4. The lowest BCUT2D eigenvalue weighted by molar-refractivity contribution is -0.604. The van der Waals surface area contributed by atoms with Crippen LogP contribution in [0, 0.1) is 11.0 Å². The van der Waals surface area contributed by atoms with E-state index in [1.165, 1.54) is 30.7 Å². The summed E-state index contributed by atoms with van der Waals surface area (Å²) in [5.41, 5.74) is 2.91. The first-order valence-electron chi connectivity index (χ1n) is 8.94. The van der Waals surface area contributed by atoms with Crippen LogP contribution in [-0.2, 0) is 0 Å². The number of hydrogen-bond acceptors (Lipinski definition) is 4. The van der Waals surface area contributed by atoms with E-state index in [1.54, 1.807) is 31.2 Å². The summed E-state index contributed by atoms with van der Waals surface area (Å²) in [5.74, 6) is -0.285. The number of aromatic amines is 1. The molecule has 8 nitrogen and oxygen atoms in total. The van der Waals surface area contributed by atoms with E-state index in [9.17, 15) is 14.4 Å². The molecule has 4 aromatic rings. The standard InChI is InChI=1S/C20H17FN6O2/c1-2-22-20(28)26-19-24-16-10-13(12-5-4-8-27(29)11-12)9-14(18(16)25-19)17-15(21)6-3-7-23-17/h3-11H,2H2,1H3,(H3,22,24,25,26,28). The molecule has 0 atom stereocenters. The second-order valence-corrected chi connectivity index (χ2v) is 6.28.